The molecule has 3 heterocycles. The van der Waals surface area contributed by atoms with Crippen LogP contribution in [0.4, 0.5) is 0 Å². The molecule has 1 amide bonds. The fraction of sp³-hybridized carbons (Fsp3) is 0.474. The number of carbonyl (C=O) groups excluding carboxylic acids is 1. The van der Waals surface area contributed by atoms with Crippen LogP contribution in [0.5, 0.6) is 0 Å². The van der Waals surface area contributed by atoms with E-state index in [1.54, 1.807) is 15.9 Å². The number of pyridine rings is 1. The van der Waals surface area contributed by atoms with E-state index in [0.717, 1.165) is 37.9 Å². The normalized spacial score (nSPS) is 17.4. The molecule has 2 aromatic rings. The Morgan fingerprint density at radius 2 is 2.32 bits per heavy atom. The molecule has 1 aliphatic heterocycles. The highest BCUT2D eigenvalue weighted by atomic mass is 32.1. The number of rotatable bonds is 6. The Bertz CT molecular complexity index is 761. The highest BCUT2D eigenvalue weighted by molar-refractivity contribution is 7.09. The zero-order valence-corrected chi connectivity index (χ0v) is 15.4. The molecule has 1 atom stereocenters. The van der Waals surface area contributed by atoms with Crippen LogP contribution in [-0.4, -0.2) is 30.1 Å². The Morgan fingerprint density at radius 3 is 3.04 bits per heavy atom. The lowest BCUT2D eigenvalue weighted by Gasteiger charge is -2.23. The van der Waals surface area contributed by atoms with Gasteiger partial charge in [0, 0.05) is 24.2 Å². The van der Waals surface area contributed by atoms with E-state index in [1.807, 2.05) is 30.6 Å². The van der Waals surface area contributed by atoms with Crippen LogP contribution < -0.4 is 16.2 Å². The van der Waals surface area contributed by atoms with E-state index >= 15 is 0 Å². The lowest BCUT2D eigenvalue weighted by Crippen LogP contribution is -2.38. The fourth-order valence-corrected chi connectivity index (χ4v) is 3.99. The topological polar surface area (TPSA) is 63.1 Å². The molecule has 1 saturated heterocycles. The van der Waals surface area contributed by atoms with E-state index in [1.165, 1.54) is 4.88 Å². The van der Waals surface area contributed by atoms with Crippen LogP contribution >= 0.6 is 11.3 Å². The molecule has 0 spiro atoms. The number of aryl methyl sites for hydroxylation is 1. The summed E-state index contributed by atoms with van der Waals surface area (Å²) >= 11 is 1.68. The number of hydrogen-bond donors (Lipinski definition) is 2. The van der Waals surface area contributed by atoms with Gasteiger partial charge < -0.3 is 15.2 Å². The summed E-state index contributed by atoms with van der Waals surface area (Å²) in [6.07, 6.45) is 4.86. The third kappa shape index (κ3) is 4.58. The Hall–Kier alpha value is -1.92. The molecule has 134 valence electrons. The standard InChI is InChI=1S/C19H25N3O2S/c1-14-7-10-22(13-15-4-2-8-20-12-15)19(24)17(14)18(23)21-9-6-16-5-3-11-25-16/h3,5,7,10-11,15,20H,2,4,6,8-9,12-13H2,1H3,(H,21,23). The van der Waals surface area contributed by atoms with Gasteiger partial charge in [-0.05, 0) is 68.3 Å². The minimum atomic E-state index is -0.268. The number of nitrogens with zero attached hydrogens (tertiary/aromatic N) is 1. The monoisotopic (exact) mass is 359 g/mol. The van der Waals surface area contributed by atoms with Crippen LogP contribution in [0.15, 0.2) is 34.6 Å². The number of carbonyl (C=O) groups is 1. The van der Waals surface area contributed by atoms with Gasteiger partial charge in [-0.1, -0.05) is 6.07 Å². The minimum absolute atomic E-state index is 0.181. The maximum atomic E-state index is 12.8. The van der Waals surface area contributed by atoms with Crippen molar-refractivity contribution in [1.82, 2.24) is 15.2 Å². The largest absolute Gasteiger partial charge is 0.351 e. The van der Waals surface area contributed by atoms with Gasteiger partial charge in [0.05, 0.1) is 0 Å². The van der Waals surface area contributed by atoms with E-state index in [9.17, 15) is 9.59 Å². The van der Waals surface area contributed by atoms with Crippen LogP contribution in [0, 0.1) is 12.8 Å². The summed E-state index contributed by atoms with van der Waals surface area (Å²) in [6, 6.07) is 5.92. The molecule has 1 unspecified atom stereocenters. The van der Waals surface area contributed by atoms with Crippen molar-refractivity contribution in [3.63, 3.8) is 0 Å². The van der Waals surface area contributed by atoms with Gasteiger partial charge in [0.25, 0.3) is 11.5 Å². The molecule has 2 aromatic heterocycles. The second-order valence-corrected chi connectivity index (χ2v) is 7.66. The third-order valence-electron chi connectivity index (χ3n) is 4.69. The summed E-state index contributed by atoms with van der Waals surface area (Å²) in [4.78, 5) is 26.5. The zero-order chi connectivity index (χ0) is 17.6. The van der Waals surface area contributed by atoms with E-state index in [2.05, 4.69) is 16.7 Å². The Balaban J connectivity index is 1.67. The number of nitrogens with one attached hydrogen (secondary N) is 2. The van der Waals surface area contributed by atoms with Crippen LogP contribution in [0.3, 0.4) is 0 Å². The first-order chi connectivity index (χ1) is 12.1. The van der Waals surface area contributed by atoms with Crippen LogP contribution in [0.25, 0.3) is 0 Å². The summed E-state index contributed by atoms with van der Waals surface area (Å²) in [6.45, 7) is 5.02. The van der Waals surface area contributed by atoms with Crippen molar-refractivity contribution in [3.8, 4) is 0 Å². The van der Waals surface area contributed by atoms with Gasteiger partial charge in [0.1, 0.15) is 5.56 Å². The first-order valence-corrected chi connectivity index (χ1v) is 9.74. The molecule has 0 radical (unpaired) electrons. The average Bonchev–Trinajstić information content (AvgIpc) is 3.12. The van der Waals surface area contributed by atoms with Crippen molar-refractivity contribution in [2.45, 2.75) is 32.7 Å². The highest BCUT2D eigenvalue weighted by Gasteiger charge is 2.18. The number of hydrogen-bond acceptors (Lipinski definition) is 4. The lowest BCUT2D eigenvalue weighted by atomic mass is 9.99. The average molecular weight is 359 g/mol. The molecule has 1 aliphatic rings. The molecule has 5 nitrogen and oxygen atoms in total. The van der Waals surface area contributed by atoms with Gasteiger partial charge >= 0.3 is 0 Å². The van der Waals surface area contributed by atoms with Crippen molar-refractivity contribution in [3.05, 3.63) is 56.1 Å². The van der Waals surface area contributed by atoms with Gasteiger partial charge in [0.2, 0.25) is 0 Å². The van der Waals surface area contributed by atoms with E-state index < -0.39 is 0 Å². The van der Waals surface area contributed by atoms with Gasteiger partial charge in [-0.25, -0.2) is 0 Å². The summed E-state index contributed by atoms with van der Waals surface area (Å²) < 4.78 is 1.69. The first kappa shape index (κ1) is 17.9. The second-order valence-electron chi connectivity index (χ2n) is 6.63. The Kier molecular flexibility index (Phi) is 6.04. The van der Waals surface area contributed by atoms with Crippen LogP contribution in [-0.2, 0) is 13.0 Å². The SMILES string of the molecule is Cc1ccn(CC2CCCNC2)c(=O)c1C(=O)NCCc1cccs1. The zero-order valence-electron chi connectivity index (χ0n) is 14.6. The summed E-state index contributed by atoms with van der Waals surface area (Å²) in [5, 5.41) is 8.29. The molecule has 0 bridgehead atoms. The van der Waals surface area contributed by atoms with Gasteiger partial charge in [-0.2, -0.15) is 0 Å². The number of amides is 1. The summed E-state index contributed by atoms with van der Waals surface area (Å²) in [5.74, 6) is 0.180. The summed E-state index contributed by atoms with van der Waals surface area (Å²) in [7, 11) is 0. The number of piperidine rings is 1. The molecule has 0 aromatic carbocycles. The van der Waals surface area contributed by atoms with Crippen LogP contribution in [0.1, 0.15) is 33.6 Å². The molecular formula is C19H25N3O2S. The molecule has 0 saturated carbocycles. The second kappa shape index (κ2) is 8.45. The molecule has 6 heteroatoms. The van der Waals surface area contributed by atoms with E-state index in [0.29, 0.717) is 19.0 Å². The molecule has 2 N–H and O–H groups in total. The van der Waals surface area contributed by atoms with Crippen molar-refractivity contribution in [2.24, 2.45) is 5.92 Å². The van der Waals surface area contributed by atoms with Crippen molar-refractivity contribution < 1.29 is 4.79 Å². The van der Waals surface area contributed by atoms with Crippen molar-refractivity contribution >= 4 is 17.2 Å². The van der Waals surface area contributed by atoms with Crippen molar-refractivity contribution in [2.75, 3.05) is 19.6 Å². The molecular weight excluding hydrogens is 334 g/mol. The van der Waals surface area contributed by atoms with E-state index in [-0.39, 0.29) is 17.0 Å². The maximum Gasteiger partial charge on any atom is 0.263 e. The highest BCUT2D eigenvalue weighted by Crippen LogP contribution is 2.12. The quantitative estimate of drug-likeness (QED) is 0.831. The van der Waals surface area contributed by atoms with Gasteiger partial charge in [-0.3, -0.25) is 9.59 Å². The third-order valence-corrected chi connectivity index (χ3v) is 5.63. The molecule has 3 rings (SSSR count). The molecule has 0 aliphatic carbocycles. The van der Waals surface area contributed by atoms with Gasteiger partial charge in [-0.15, -0.1) is 11.3 Å². The predicted molar refractivity (Wildman–Crippen MR) is 101 cm³/mol. The first-order valence-electron chi connectivity index (χ1n) is 8.86. The smallest absolute Gasteiger partial charge is 0.263 e. The van der Waals surface area contributed by atoms with E-state index in [4.69, 9.17) is 0 Å². The Morgan fingerprint density at radius 1 is 1.44 bits per heavy atom. The summed E-state index contributed by atoms with van der Waals surface area (Å²) in [5.41, 5.74) is 0.827. The van der Waals surface area contributed by atoms with Crippen molar-refractivity contribution in [1.29, 1.82) is 0 Å². The molecule has 25 heavy (non-hydrogen) atoms. The fourth-order valence-electron chi connectivity index (χ4n) is 3.29. The minimum Gasteiger partial charge on any atom is -0.351 e. The van der Waals surface area contributed by atoms with Crippen LogP contribution in [0.2, 0.25) is 0 Å². The molecule has 1 fully saturated rings. The lowest BCUT2D eigenvalue weighted by molar-refractivity contribution is 0.0951. The Labute approximate surface area is 152 Å². The maximum absolute atomic E-state index is 12.8. The number of aromatic nitrogens is 1. The number of thiophene rings is 1. The predicted octanol–water partition coefficient (Wildman–Crippen LogP) is 2.19. The van der Waals surface area contributed by atoms with Gasteiger partial charge in [0.15, 0.2) is 0 Å².